The van der Waals surface area contributed by atoms with Gasteiger partial charge < -0.3 is 5.73 Å². The average Bonchev–Trinajstić information content (AvgIpc) is 2.55. The number of terminal acetylenes is 1. The van der Waals surface area contributed by atoms with Crippen LogP contribution in [0, 0.1) is 17.8 Å². The van der Waals surface area contributed by atoms with E-state index in [1.54, 1.807) is 4.90 Å². The summed E-state index contributed by atoms with van der Waals surface area (Å²) in [6.07, 6.45) is 6.49. The summed E-state index contributed by atoms with van der Waals surface area (Å²) < 4.78 is 0. The molecule has 2 heterocycles. The first kappa shape index (κ1) is 13.3. The molecule has 18 heavy (non-hydrogen) atoms. The van der Waals surface area contributed by atoms with E-state index in [9.17, 15) is 4.79 Å². The fraction of sp³-hybridized carbons (Fsp3) is 0.692. The van der Waals surface area contributed by atoms with Crippen LogP contribution in [0.5, 0.6) is 0 Å². The molecule has 2 unspecified atom stereocenters. The van der Waals surface area contributed by atoms with Crippen molar-refractivity contribution in [2.24, 2.45) is 16.1 Å². The number of carbonyl (C=O) groups excluding carboxylic acids is 1. The molecule has 0 bridgehead atoms. The molecule has 1 fully saturated rings. The molecule has 1 saturated heterocycles. The Morgan fingerprint density at radius 2 is 2.28 bits per heavy atom. The summed E-state index contributed by atoms with van der Waals surface area (Å²) in [5, 5.41) is 0. The summed E-state index contributed by atoms with van der Waals surface area (Å²) in [5.41, 5.74) is 5.46. The summed E-state index contributed by atoms with van der Waals surface area (Å²) in [4.78, 5) is 17.8. The number of thioether (sulfide) groups is 1. The second kappa shape index (κ2) is 4.20. The number of nitrogens with zero attached hydrogens (tertiary/aromatic N) is 2. The zero-order valence-electron chi connectivity index (χ0n) is 11.1. The Labute approximate surface area is 112 Å². The number of aliphatic imine (C=N–C) groups is 1. The highest BCUT2D eigenvalue weighted by atomic mass is 32.2. The first-order valence-corrected chi connectivity index (χ1v) is 7.24. The first-order chi connectivity index (χ1) is 8.37. The topological polar surface area (TPSA) is 58.7 Å². The van der Waals surface area contributed by atoms with Crippen molar-refractivity contribution in [3.63, 3.8) is 0 Å². The van der Waals surface area contributed by atoms with E-state index in [1.165, 1.54) is 0 Å². The molecule has 0 aromatic rings. The van der Waals surface area contributed by atoms with Gasteiger partial charge >= 0.3 is 6.03 Å². The van der Waals surface area contributed by atoms with Crippen LogP contribution in [0.15, 0.2) is 4.99 Å². The van der Waals surface area contributed by atoms with Gasteiger partial charge in [-0.3, -0.25) is 4.90 Å². The van der Waals surface area contributed by atoms with Gasteiger partial charge in [0.25, 0.3) is 0 Å². The van der Waals surface area contributed by atoms with E-state index in [0.717, 1.165) is 17.9 Å². The minimum absolute atomic E-state index is 0.108. The Hall–Kier alpha value is -1.15. The number of nitrogens with two attached hydrogens (primary N) is 1. The van der Waals surface area contributed by atoms with Crippen molar-refractivity contribution in [1.82, 2.24) is 4.90 Å². The highest BCUT2D eigenvalue weighted by Crippen LogP contribution is 2.49. The maximum Gasteiger partial charge on any atom is 0.347 e. The van der Waals surface area contributed by atoms with Gasteiger partial charge in [-0.2, -0.15) is 16.8 Å². The van der Waals surface area contributed by atoms with Gasteiger partial charge in [0.15, 0.2) is 0 Å². The zero-order chi connectivity index (χ0) is 13.6. The molecule has 2 rings (SSSR count). The van der Waals surface area contributed by atoms with Crippen LogP contribution in [0.4, 0.5) is 4.79 Å². The standard InChI is InChI=1S/C13H19N3OS/c1-5-9(2)16-11(17)15-10(14)13(16)8-18-7-6-12(13,3)4/h1,9H,6-8H2,2-4H3,(H2,14,15,17). The molecule has 2 aliphatic rings. The average molecular weight is 265 g/mol. The Bertz CT molecular complexity index is 452. The van der Waals surface area contributed by atoms with Crippen LogP contribution in [0.1, 0.15) is 27.2 Å². The second-order valence-electron chi connectivity index (χ2n) is 5.54. The summed E-state index contributed by atoms with van der Waals surface area (Å²) in [7, 11) is 0. The molecule has 2 amide bonds. The predicted molar refractivity (Wildman–Crippen MR) is 75.6 cm³/mol. The minimum Gasteiger partial charge on any atom is -0.385 e. The third-order valence-electron chi connectivity index (χ3n) is 4.19. The Kier molecular flexibility index (Phi) is 3.10. The van der Waals surface area contributed by atoms with E-state index in [-0.39, 0.29) is 17.5 Å². The fourth-order valence-corrected chi connectivity index (χ4v) is 4.64. The van der Waals surface area contributed by atoms with Crippen LogP contribution in [0.3, 0.4) is 0 Å². The minimum atomic E-state index is -0.529. The Morgan fingerprint density at radius 3 is 2.83 bits per heavy atom. The van der Waals surface area contributed by atoms with Gasteiger partial charge in [-0.15, -0.1) is 6.42 Å². The molecule has 0 aliphatic carbocycles. The molecular formula is C13H19N3OS. The quantitative estimate of drug-likeness (QED) is 0.734. The van der Waals surface area contributed by atoms with Crippen LogP contribution >= 0.6 is 11.8 Å². The van der Waals surface area contributed by atoms with Gasteiger partial charge in [-0.05, 0) is 24.5 Å². The predicted octanol–water partition coefficient (Wildman–Crippen LogP) is 1.70. The van der Waals surface area contributed by atoms with Gasteiger partial charge in [0.05, 0.1) is 6.04 Å². The SMILES string of the molecule is C#CC(C)N1C(=O)N=C(N)C12CSCCC2(C)C. The van der Waals surface area contributed by atoms with Crippen molar-refractivity contribution < 1.29 is 4.79 Å². The smallest absolute Gasteiger partial charge is 0.347 e. The third-order valence-corrected chi connectivity index (χ3v) is 5.30. The van der Waals surface area contributed by atoms with Gasteiger partial charge in [-0.1, -0.05) is 19.8 Å². The number of carbonyl (C=O) groups is 1. The lowest BCUT2D eigenvalue weighted by atomic mass is 9.69. The van der Waals surface area contributed by atoms with Crippen molar-refractivity contribution >= 4 is 23.6 Å². The largest absolute Gasteiger partial charge is 0.385 e. The normalized spacial score (nSPS) is 32.2. The van der Waals surface area contributed by atoms with Crippen molar-refractivity contribution in [3.8, 4) is 12.3 Å². The van der Waals surface area contributed by atoms with E-state index >= 15 is 0 Å². The highest BCUT2D eigenvalue weighted by Gasteiger charge is 2.59. The molecule has 98 valence electrons. The molecule has 4 nitrogen and oxygen atoms in total. The van der Waals surface area contributed by atoms with Crippen molar-refractivity contribution in [1.29, 1.82) is 0 Å². The van der Waals surface area contributed by atoms with Crippen molar-refractivity contribution in [2.45, 2.75) is 38.8 Å². The summed E-state index contributed by atoms with van der Waals surface area (Å²) in [6.45, 7) is 6.14. The zero-order valence-corrected chi connectivity index (χ0v) is 11.9. The summed E-state index contributed by atoms with van der Waals surface area (Å²) in [6, 6.07) is -0.589. The lowest BCUT2D eigenvalue weighted by Crippen LogP contribution is -2.67. The molecule has 0 saturated carbocycles. The lowest BCUT2D eigenvalue weighted by Gasteiger charge is -2.52. The van der Waals surface area contributed by atoms with E-state index in [2.05, 4.69) is 24.8 Å². The van der Waals surface area contributed by atoms with Crippen LogP contribution in [0.25, 0.3) is 0 Å². The number of hydrogen-bond acceptors (Lipinski definition) is 3. The lowest BCUT2D eigenvalue weighted by molar-refractivity contribution is 0.0770. The molecule has 5 heteroatoms. The molecule has 2 N–H and O–H groups in total. The van der Waals surface area contributed by atoms with Crippen molar-refractivity contribution in [2.75, 3.05) is 11.5 Å². The monoisotopic (exact) mass is 265 g/mol. The van der Waals surface area contributed by atoms with Gasteiger partial charge in [0.1, 0.15) is 11.4 Å². The maximum absolute atomic E-state index is 12.1. The molecule has 2 aliphatic heterocycles. The van der Waals surface area contributed by atoms with E-state index in [4.69, 9.17) is 12.2 Å². The van der Waals surface area contributed by atoms with E-state index < -0.39 is 5.54 Å². The first-order valence-electron chi connectivity index (χ1n) is 6.08. The Balaban J connectivity index is 2.54. The van der Waals surface area contributed by atoms with E-state index in [0.29, 0.717) is 5.84 Å². The van der Waals surface area contributed by atoms with E-state index in [1.807, 2.05) is 18.7 Å². The number of amides is 2. The van der Waals surface area contributed by atoms with Crippen LogP contribution in [-0.4, -0.2) is 39.9 Å². The van der Waals surface area contributed by atoms with Crippen LogP contribution in [0.2, 0.25) is 0 Å². The van der Waals surface area contributed by atoms with Gasteiger partial charge in [0, 0.05) is 5.75 Å². The molecule has 0 aromatic heterocycles. The second-order valence-corrected chi connectivity index (χ2v) is 6.64. The third kappa shape index (κ3) is 1.55. The fourth-order valence-electron chi connectivity index (χ4n) is 2.87. The molecule has 0 aromatic carbocycles. The van der Waals surface area contributed by atoms with Crippen LogP contribution in [-0.2, 0) is 0 Å². The number of rotatable bonds is 1. The van der Waals surface area contributed by atoms with Crippen LogP contribution < -0.4 is 5.73 Å². The number of hydrogen-bond donors (Lipinski definition) is 1. The molecule has 2 atom stereocenters. The van der Waals surface area contributed by atoms with Crippen molar-refractivity contribution in [3.05, 3.63) is 0 Å². The summed E-state index contributed by atoms with van der Waals surface area (Å²) >= 11 is 1.81. The Morgan fingerprint density at radius 1 is 1.61 bits per heavy atom. The number of amidine groups is 1. The molecule has 1 spiro atoms. The molecule has 0 radical (unpaired) electrons. The van der Waals surface area contributed by atoms with Gasteiger partial charge in [0.2, 0.25) is 0 Å². The maximum atomic E-state index is 12.1. The molecular weight excluding hydrogens is 246 g/mol. The summed E-state index contributed by atoms with van der Waals surface area (Å²) in [5.74, 6) is 4.91. The highest BCUT2D eigenvalue weighted by molar-refractivity contribution is 7.99. The number of urea groups is 1. The van der Waals surface area contributed by atoms with Gasteiger partial charge in [-0.25, -0.2) is 4.79 Å².